The standard InChI is InChI=1S/C15H27NO4S/c1-11(2)15(14(17)18)7-8-16(10-15)12-5-4-6-13(9-12)21(3,19)20/h11-13H,4-10H2,1-3H3,(H,17,18). The summed E-state index contributed by atoms with van der Waals surface area (Å²) in [4.78, 5) is 13.9. The van der Waals surface area contributed by atoms with Gasteiger partial charge in [0.05, 0.1) is 10.7 Å². The van der Waals surface area contributed by atoms with Gasteiger partial charge in [0.1, 0.15) is 9.84 Å². The highest BCUT2D eigenvalue weighted by atomic mass is 32.2. The van der Waals surface area contributed by atoms with Gasteiger partial charge in [-0.2, -0.15) is 0 Å². The molecule has 122 valence electrons. The van der Waals surface area contributed by atoms with E-state index in [2.05, 4.69) is 4.90 Å². The lowest BCUT2D eigenvalue weighted by Crippen LogP contribution is -2.44. The molecule has 3 atom stereocenters. The van der Waals surface area contributed by atoms with Gasteiger partial charge in [-0.05, 0) is 38.1 Å². The predicted molar refractivity (Wildman–Crippen MR) is 82.0 cm³/mol. The van der Waals surface area contributed by atoms with Crippen molar-refractivity contribution in [3.05, 3.63) is 0 Å². The average molecular weight is 317 g/mol. The minimum absolute atomic E-state index is 0.0919. The Labute approximate surface area is 127 Å². The summed E-state index contributed by atoms with van der Waals surface area (Å²) in [6.07, 6.45) is 5.30. The molecule has 1 heterocycles. The van der Waals surface area contributed by atoms with E-state index >= 15 is 0 Å². The lowest BCUT2D eigenvalue weighted by molar-refractivity contribution is -0.151. The molecule has 0 aromatic heterocycles. The monoisotopic (exact) mass is 317 g/mol. The zero-order valence-electron chi connectivity index (χ0n) is 13.2. The van der Waals surface area contributed by atoms with Crippen LogP contribution >= 0.6 is 0 Å². The molecule has 2 aliphatic rings. The molecule has 1 aliphatic carbocycles. The van der Waals surface area contributed by atoms with Crippen LogP contribution in [0.3, 0.4) is 0 Å². The Morgan fingerprint density at radius 2 is 2.00 bits per heavy atom. The van der Waals surface area contributed by atoms with Crippen LogP contribution < -0.4 is 0 Å². The van der Waals surface area contributed by atoms with Crippen LogP contribution in [0.2, 0.25) is 0 Å². The summed E-state index contributed by atoms with van der Waals surface area (Å²) in [7, 11) is -2.99. The zero-order chi connectivity index (χ0) is 15.8. The summed E-state index contributed by atoms with van der Waals surface area (Å²) in [5, 5.41) is 9.35. The molecule has 5 nitrogen and oxygen atoms in total. The highest BCUT2D eigenvalue weighted by Crippen LogP contribution is 2.41. The molecular formula is C15H27NO4S. The molecule has 1 saturated heterocycles. The van der Waals surface area contributed by atoms with E-state index in [1.807, 2.05) is 13.8 Å². The quantitative estimate of drug-likeness (QED) is 0.855. The average Bonchev–Trinajstić information content (AvgIpc) is 2.84. The van der Waals surface area contributed by atoms with Crippen molar-refractivity contribution in [2.24, 2.45) is 11.3 Å². The van der Waals surface area contributed by atoms with Gasteiger partial charge >= 0.3 is 5.97 Å². The highest BCUT2D eigenvalue weighted by Gasteiger charge is 2.49. The van der Waals surface area contributed by atoms with Gasteiger partial charge in [0, 0.05) is 18.8 Å². The van der Waals surface area contributed by atoms with Crippen LogP contribution in [0.1, 0.15) is 46.0 Å². The molecule has 2 rings (SSSR count). The lowest BCUT2D eigenvalue weighted by atomic mass is 9.76. The van der Waals surface area contributed by atoms with E-state index in [1.54, 1.807) is 0 Å². The Kier molecular flexibility index (Phi) is 4.69. The third kappa shape index (κ3) is 3.26. The number of carbonyl (C=O) groups is 1. The van der Waals surface area contributed by atoms with Crippen molar-refractivity contribution in [3.8, 4) is 0 Å². The van der Waals surface area contributed by atoms with Gasteiger partial charge in [-0.25, -0.2) is 8.42 Å². The van der Waals surface area contributed by atoms with Crippen molar-refractivity contribution in [2.75, 3.05) is 19.3 Å². The molecule has 0 amide bonds. The lowest BCUT2D eigenvalue weighted by Gasteiger charge is -2.36. The highest BCUT2D eigenvalue weighted by molar-refractivity contribution is 7.91. The van der Waals surface area contributed by atoms with E-state index in [0.29, 0.717) is 19.4 Å². The molecule has 1 aliphatic heterocycles. The molecule has 1 N–H and O–H groups in total. The van der Waals surface area contributed by atoms with Gasteiger partial charge < -0.3 is 5.11 Å². The maximum absolute atomic E-state index is 11.8. The summed E-state index contributed by atoms with van der Waals surface area (Å²) in [6.45, 7) is 5.27. The molecular weight excluding hydrogens is 290 g/mol. The normalized spacial score (nSPS) is 35.2. The minimum Gasteiger partial charge on any atom is -0.481 e. The minimum atomic E-state index is -2.99. The number of hydrogen-bond donors (Lipinski definition) is 1. The number of rotatable bonds is 4. The molecule has 0 aromatic rings. The zero-order valence-corrected chi connectivity index (χ0v) is 14.0. The Morgan fingerprint density at radius 3 is 2.48 bits per heavy atom. The molecule has 0 radical (unpaired) electrons. The third-order valence-electron chi connectivity index (χ3n) is 5.58. The Morgan fingerprint density at radius 1 is 1.33 bits per heavy atom. The second-order valence-electron chi connectivity index (χ2n) is 7.11. The number of carboxylic acids is 1. The maximum Gasteiger partial charge on any atom is 0.311 e. The topological polar surface area (TPSA) is 74.7 Å². The van der Waals surface area contributed by atoms with Gasteiger partial charge in [-0.15, -0.1) is 0 Å². The summed E-state index contributed by atoms with van der Waals surface area (Å²) in [5.74, 6) is -0.621. The van der Waals surface area contributed by atoms with Crippen molar-refractivity contribution < 1.29 is 18.3 Å². The number of carboxylic acid groups (broad SMARTS) is 1. The summed E-state index contributed by atoms with van der Waals surface area (Å²) in [5.41, 5.74) is -0.669. The van der Waals surface area contributed by atoms with E-state index in [0.717, 1.165) is 25.8 Å². The van der Waals surface area contributed by atoms with E-state index in [-0.39, 0.29) is 17.2 Å². The number of sulfone groups is 1. The summed E-state index contributed by atoms with van der Waals surface area (Å²) in [6, 6.07) is 0.221. The van der Waals surface area contributed by atoms with E-state index in [9.17, 15) is 18.3 Å². The number of hydrogen-bond acceptors (Lipinski definition) is 4. The molecule has 6 heteroatoms. The van der Waals surface area contributed by atoms with Crippen molar-refractivity contribution >= 4 is 15.8 Å². The fourth-order valence-corrected chi connectivity index (χ4v) is 5.08. The Hall–Kier alpha value is -0.620. The maximum atomic E-state index is 11.8. The van der Waals surface area contributed by atoms with Crippen LogP contribution in [0.25, 0.3) is 0 Å². The SMILES string of the molecule is CC(C)C1(C(=O)O)CCN(C2CCCC(S(C)(=O)=O)C2)C1. The molecule has 0 aromatic carbocycles. The van der Waals surface area contributed by atoms with E-state index < -0.39 is 21.2 Å². The van der Waals surface area contributed by atoms with Crippen LogP contribution in [-0.2, 0) is 14.6 Å². The van der Waals surface area contributed by atoms with Gasteiger partial charge in [0.2, 0.25) is 0 Å². The van der Waals surface area contributed by atoms with Gasteiger partial charge in [-0.1, -0.05) is 20.3 Å². The van der Waals surface area contributed by atoms with Crippen LogP contribution in [0.15, 0.2) is 0 Å². The molecule has 2 fully saturated rings. The van der Waals surface area contributed by atoms with Crippen molar-refractivity contribution in [3.63, 3.8) is 0 Å². The molecule has 21 heavy (non-hydrogen) atoms. The number of likely N-dealkylation sites (tertiary alicyclic amines) is 1. The van der Waals surface area contributed by atoms with E-state index in [1.165, 1.54) is 6.26 Å². The summed E-state index contributed by atoms with van der Waals surface area (Å²) >= 11 is 0. The van der Waals surface area contributed by atoms with Crippen LogP contribution in [-0.4, -0.2) is 55.0 Å². The largest absolute Gasteiger partial charge is 0.481 e. The van der Waals surface area contributed by atoms with Gasteiger partial charge in [-0.3, -0.25) is 9.69 Å². The first-order valence-corrected chi connectivity index (χ1v) is 9.78. The van der Waals surface area contributed by atoms with Crippen molar-refractivity contribution in [2.45, 2.75) is 57.2 Å². The Balaban J connectivity index is 2.09. The number of aliphatic carboxylic acids is 1. The smallest absolute Gasteiger partial charge is 0.311 e. The number of nitrogens with zero attached hydrogens (tertiary/aromatic N) is 1. The predicted octanol–water partition coefficient (Wildman–Crippen LogP) is 1.77. The first kappa shape index (κ1) is 16.7. The van der Waals surface area contributed by atoms with Crippen LogP contribution in [0.4, 0.5) is 0 Å². The van der Waals surface area contributed by atoms with Crippen molar-refractivity contribution in [1.29, 1.82) is 0 Å². The molecule has 3 unspecified atom stereocenters. The first-order chi connectivity index (χ1) is 9.67. The fraction of sp³-hybridized carbons (Fsp3) is 0.933. The van der Waals surface area contributed by atoms with Gasteiger partial charge in [0.15, 0.2) is 0 Å². The fourth-order valence-electron chi connectivity index (χ4n) is 3.91. The molecule has 0 bridgehead atoms. The Bertz CT molecular complexity index is 502. The van der Waals surface area contributed by atoms with Crippen molar-refractivity contribution in [1.82, 2.24) is 4.90 Å². The molecule has 0 spiro atoms. The second kappa shape index (κ2) is 5.88. The molecule has 1 saturated carbocycles. The van der Waals surface area contributed by atoms with E-state index in [4.69, 9.17) is 0 Å². The van der Waals surface area contributed by atoms with Gasteiger partial charge in [0.25, 0.3) is 0 Å². The van der Waals surface area contributed by atoms with Crippen LogP contribution in [0.5, 0.6) is 0 Å². The third-order valence-corrected chi connectivity index (χ3v) is 7.22. The second-order valence-corrected chi connectivity index (χ2v) is 9.43. The summed E-state index contributed by atoms with van der Waals surface area (Å²) < 4.78 is 23.6. The first-order valence-electron chi connectivity index (χ1n) is 7.83. The van der Waals surface area contributed by atoms with Crippen LogP contribution in [0, 0.1) is 11.3 Å².